The first-order valence-electron chi connectivity index (χ1n) is 9.79. The molecule has 1 aliphatic heterocycles. The predicted octanol–water partition coefficient (Wildman–Crippen LogP) is 3.16. The lowest BCUT2D eigenvalue weighted by atomic mass is 9.94. The number of anilines is 1. The van der Waals surface area contributed by atoms with Gasteiger partial charge in [0.15, 0.2) is 10.9 Å². The molecular formula is C20H26N4O3S. The molecule has 0 aromatic carbocycles. The topological polar surface area (TPSA) is 87.3 Å². The van der Waals surface area contributed by atoms with Crippen molar-refractivity contribution in [2.45, 2.75) is 58.8 Å². The summed E-state index contributed by atoms with van der Waals surface area (Å²) in [5, 5.41) is 5.44. The number of nitrogens with zero attached hydrogens (tertiary/aromatic N) is 2. The second-order valence-electron chi connectivity index (χ2n) is 7.80. The van der Waals surface area contributed by atoms with Crippen LogP contribution in [0.25, 0.3) is 0 Å². The molecule has 2 N–H and O–H groups in total. The fraction of sp³-hybridized carbons (Fsp3) is 0.550. The van der Waals surface area contributed by atoms with Gasteiger partial charge in [-0.25, -0.2) is 4.98 Å². The van der Waals surface area contributed by atoms with Crippen molar-refractivity contribution in [3.05, 3.63) is 33.6 Å². The molecule has 0 bridgehead atoms. The van der Waals surface area contributed by atoms with Crippen LogP contribution in [0.4, 0.5) is 5.13 Å². The van der Waals surface area contributed by atoms with E-state index in [0.717, 1.165) is 49.4 Å². The number of hydrogen-bond acceptors (Lipinski definition) is 6. The molecule has 2 aromatic rings. The molecule has 4 rings (SSSR count). The van der Waals surface area contributed by atoms with Gasteiger partial charge in [0.2, 0.25) is 0 Å². The van der Waals surface area contributed by atoms with E-state index in [1.54, 1.807) is 0 Å². The zero-order valence-corrected chi connectivity index (χ0v) is 17.3. The summed E-state index contributed by atoms with van der Waals surface area (Å²) in [6, 6.07) is 0. The Morgan fingerprint density at radius 3 is 2.82 bits per heavy atom. The molecule has 0 saturated carbocycles. The Labute approximate surface area is 168 Å². The molecule has 2 aliphatic rings. The number of thiazole rings is 1. The third-order valence-corrected chi connectivity index (χ3v) is 6.12. The highest BCUT2D eigenvalue weighted by atomic mass is 32.1. The van der Waals surface area contributed by atoms with Crippen LogP contribution in [-0.4, -0.2) is 51.9 Å². The molecule has 0 unspecified atom stereocenters. The van der Waals surface area contributed by atoms with Crippen molar-refractivity contribution in [3.63, 3.8) is 0 Å². The molecule has 1 fully saturated rings. The van der Waals surface area contributed by atoms with Crippen LogP contribution in [0.5, 0.6) is 0 Å². The molecule has 2 atom stereocenters. The minimum absolute atomic E-state index is 0.125. The Kier molecular flexibility index (Phi) is 5.35. The smallest absolute Gasteiger partial charge is 0.274 e. The van der Waals surface area contributed by atoms with E-state index in [9.17, 15) is 9.59 Å². The van der Waals surface area contributed by atoms with Gasteiger partial charge in [-0.2, -0.15) is 0 Å². The van der Waals surface area contributed by atoms with Gasteiger partial charge in [0.05, 0.1) is 17.9 Å². The molecular weight excluding hydrogens is 376 g/mol. The van der Waals surface area contributed by atoms with Gasteiger partial charge in [0.1, 0.15) is 5.69 Å². The summed E-state index contributed by atoms with van der Waals surface area (Å²) in [4.78, 5) is 34.9. The van der Waals surface area contributed by atoms with Gasteiger partial charge < -0.3 is 9.72 Å². The number of carbonyl (C=O) groups is 2. The van der Waals surface area contributed by atoms with E-state index in [0.29, 0.717) is 22.8 Å². The van der Waals surface area contributed by atoms with Gasteiger partial charge in [-0.15, -0.1) is 11.3 Å². The molecule has 150 valence electrons. The summed E-state index contributed by atoms with van der Waals surface area (Å²) in [7, 11) is 0. The Hall–Kier alpha value is -2.03. The maximum Gasteiger partial charge on any atom is 0.274 e. The first-order valence-corrected chi connectivity index (χ1v) is 10.7. The van der Waals surface area contributed by atoms with Gasteiger partial charge >= 0.3 is 0 Å². The molecule has 2 aromatic heterocycles. The largest absolute Gasteiger partial charge is 0.373 e. The monoisotopic (exact) mass is 402 g/mol. The minimum atomic E-state index is -0.241. The number of morpholine rings is 1. The average Bonchev–Trinajstić information content (AvgIpc) is 3.19. The van der Waals surface area contributed by atoms with Crippen molar-refractivity contribution >= 4 is 28.2 Å². The lowest BCUT2D eigenvalue weighted by molar-refractivity contribution is -0.0707. The first kappa shape index (κ1) is 19.3. The second kappa shape index (κ2) is 7.77. The predicted molar refractivity (Wildman–Crippen MR) is 108 cm³/mol. The van der Waals surface area contributed by atoms with Gasteiger partial charge in [0.25, 0.3) is 5.91 Å². The number of carbonyl (C=O) groups excluding carboxylic acids is 2. The van der Waals surface area contributed by atoms with Crippen molar-refractivity contribution in [3.8, 4) is 0 Å². The number of aromatic nitrogens is 2. The molecule has 1 aliphatic carbocycles. The first-order chi connectivity index (χ1) is 13.4. The second-order valence-corrected chi connectivity index (χ2v) is 8.66. The van der Waals surface area contributed by atoms with E-state index in [4.69, 9.17) is 4.74 Å². The van der Waals surface area contributed by atoms with Crippen LogP contribution in [0.2, 0.25) is 0 Å². The van der Waals surface area contributed by atoms with Crippen LogP contribution in [0, 0.1) is 6.92 Å². The van der Waals surface area contributed by atoms with E-state index in [2.05, 4.69) is 34.0 Å². The van der Waals surface area contributed by atoms with E-state index >= 15 is 0 Å². The molecule has 28 heavy (non-hydrogen) atoms. The number of nitrogens with one attached hydrogen (secondary N) is 2. The van der Waals surface area contributed by atoms with Crippen LogP contribution >= 0.6 is 11.3 Å². The number of rotatable bonds is 4. The van der Waals surface area contributed by atoms with Crippen molar-refractivity contribution in [2.75, 3.05) is 18.4 Å². The number of ketones is 1. The lowest BCUT2D eigenvalue weighted by Gasteiger charge is -2.34. The minimum Gasteiger partial charge on any atom is -0.373 e. The van der Waals surface area contributed by atoms with Crippen molar-refractivity contribution < 1.29 is 14.3 Å². The highest BCUT2D eigenvalue weighted by Gasteiger charge is 2.27. The lowest BCUT2D eigenvalue weighted by Crippen LogP contribution is -2.44. The van der Waals surface area contributed by atoms with E-state index in [1.807, 2.05) is 12.3 Å². The number of H-pyrrole nitrogens is 1. The molecule has 0 spiro atoms. The number of aromatic amines is 1. The highest BCUT2D eigenvalue weighted by molar-refractivity contribution is 7.14. The maximum absolute atomic E-state index is 12.7. The number of aryl methyl sites for hydroxylation is 1. The standard InChI is InChI=1S/C20H26N4O3S/c1-11-7-24(8-12(2)27-11)9-14-10-28-20(21-14)23-19(26)18-13(3)17-15(22-18)5-4-6-16(17)25/h10-12,22H,4-9H2,1-3H3,(H,21,23,26)/t11-,12-/m0/s1. The number of ether oxygens (including phenoxy) is 1. The summed E-state index contributed by atoms with van der Waals surface area (Å²) >= 11 is 1.42. The average molecular weight is 403 g/mol. The van der Waals surface area contributed by atoms with Gasteiger partial charge in [-0.3, -0.25) is 19.8 Å². The van der Waals surface area contributed by atoms with E-state index in [1.165, 1.54) is 11.3 Å². The molecule has 8 heteroatoms. The van der Waals surface area contributed by atoms with E-state index in [-0.39, 0.29) is 23.9 Å². The zero-order chi connectivity index (χ0) is 19.8. The number of Topliss-reactive ketones (excluding diaryl/α,β-unsaturated/α-hetero) is 1. The summed E-state index contributed by atoms with van der Waals surface area (Å²) in [5.74, 6) is -0.117. The van der Waals surface area contributed by atoms with Gasteiger partial charge in [0, 0.05) is 42.7 Å². The van der Waals surface area contributed by atoms with Crippen LogP contribution in [0.15, 0.2) is 5.38 Å². The molecule has 3 heterocycles. The summed E-state index contributed by atoms with van der Waals surface area (Å²) in [5.41, 5.74) is 3.73. The molecule has 0 radical (unpaired) electrons. The Bertz CT molecular complexity index is 893. The third kappa shape index (κ3) is 3.90. The fourth-order valence-electron chi connectivity index (χ4n) is 4.24. The molecule has 1 saturated heterocycles. The van der Waals surface area contributed by atoms with Crippen LogP contribution in [0.1, 0.15) is 64.5 Å². The normalized spacial score (nSPS) is 22.9. The molecule has 1 amide bonds. The van der Waals surface area contributed by atoms with Crippen molar-refractivity contribution in [2.24, 2.45) is 0 Å². The van der Waals surface area contributed by atoms with Crippen molar-refractivity contribution in [1.29, 1.82) is 0 Å². The Morgan fingerprint density at radius 1 is 1.36 bits per heavy atom. The van der Waals surface area contributed by atoms with Crippen LogP contribution in [-0.2, 0) is 17.7 Å². The summed E-state index contributed by atoms with van der Waals surface area (Å²) < 4.78 is 5.77. The highest BCUT2D eigenvalue weighted by Crippen LogP contribution is 2.27. The number of amides is 1. The third-order valence-electron chi connectivity index (χ3n) is 5.32. The Morgan fingerprint density at radius 2 is 2.11 bits per heavy atom. The van der Waals surface area contributed by atoms with E-state index < -0.39 is 0 Å². The molecule has 7 nitrogen and oxygen atoms in total. The summed E-state index contributed by atoms with van der Waals surface area (Å²) in [6.45, 7) is 8.50. The van der Waals surface area contributed by atoms with Gasteiger partial charge in [-0.1, -0.05) is 0 Å². The number of hydrogen-bond donors (Lipinski definition) is 2. The summed E-state index contributed by atoms with van der Waals surface area (Å²) in [6.07, 6.45) is 2.63. The van der Waals surface area contributed by atoms with Crippen molar-refractivity contribution in [1.82, 2.24) is 14.9 Å². The fourth-order valence-corrected chi connectivity index (χ4v) is 4.94. The van der Waals surface area contributed by atoms with Gasteiger partial charge in [-0.05, 0) is 39.2 Å². The Balaban J connectivity index is 1.43. The maximum atomic E-state index is 12.7. The van der Waals surface area contributed by atoms with Crippen LogP contribution in [0.3, 0.4) is 0 Å². The van der Waals surface area contributed by atoms with Crippen LogP contribution < -0.4 is 5.32 Å². The SMILES string of the molecule is Cc1c(C(=O)Nc2nc(CN3C[C@H](C)O[C@@H](C)C3)cs2)[nH]c2c1C(=O)CCC2. The zero-order valence-electron chi connectivity index (χ0n) is 16.5. The number of fused-ring (bicyclic) bond motifs is 1. The quantitative estimate of drug-likeness (QED) is 0.820.